The molecule has 0 aliphatic heterocycles. The average Bonchev–Trinajstić information content (AvgIpc) is 2.04. The quantitative estimate of drug-likeness (QED) is 0.529. The van der Waals surface area contributed by atoms with Crippen molar-refractivity contribution in [2.75, 3.05) is 0 Å². The minimum atomic E-state index is -1.59. The Morgan fingerprint density at radius 1 is 1.31 bits per heavy atom. The first-order valence-electron chi connectivity index (χ1n) is 3.78. The highest BCUT2D eigenvalue weighted by atomic mass is 16.8. The number of rotatable bonds is 3. The molecule has 0 amide bonds. The number of benzene rings is 1. The highest BCUT2D eigenvalue weighted by Gasteiger charge is 2.09. The highest BCUT2D eigenvalue weighted by Crippen LogP contribution is 2.11. The van der Waals surface area contributed by atoms with Crippen molar-refractivity contribution in [1.82, 2.24) is 0 Å². The van der Waals surface area contributed by atoms with Crippen LogP contribution in [0.5, 0.6) is 5.75 Å². The SMILES string of the molecule is CC(OC([O])=O)Oc1ccccc1. The van der Waals surface area contributed by atoms with E-state index in [0.717, 1.165) is 0 Å². The Hall–Kier alpha value is -1.71. The zero-order chi connectivity index (χ0) is 9.68. The molecule has 0 heterocycles. The van der Waals surface area contributed by atoms with Crippen LogP contribution in [0.2, 0.25) is 0 Å². The second-order valence-electron chi connectivity index (χ2n) is 2.37. The Morgan fingerprint density at radius 2 is 1.92 bits per heavy atom. The number of carbonyl (C=O) groups excluding carboxylic acids is 1. The predicted octanol–water partition coefficient (Wildman–Crippen LogP) is 1.98. The maximum absolute atomic E-state index is 9.99. The lowest BCUT2D eigenvalue weighted by Gasteiger charge is -2.11. The molecule has 0 spiro atoms. The maximum Gasteiger partial charge on any atom is 0.553 e. The summed E-state index contributed by atoms with van der Waals surface area (Å²) in [6, 6.07) is 8.80. The zero-order valence-corrected chi connectivity index (χ0v) is 7.10. The van der Waals surface area contributed by atoms with Gasteiger partial charge in [0, 0.05) is 6.92 Å². The standard InChI is InChI=1S/C9H9O4/c1-7(13-9(10)11)12-8-5-3-2-4-6-8/h2-7H,1H3. The van der Waals surface area contributed by atoms with Crippen molar-refractivity contribution in [2.24, 2.45) is 0 Å². The van der Waals surface area contributed by atoms with Crippen LogP contribution in [0.15, 0.2) is 30.3 Å². The first-order valence-corrected chi connectivity index (χ1v) is 3.78. The molecule has 0 aliphatic carbocycles. The Morgan fingerprint density at radius 3 is 2.46 bits per heavy atom. The number of hydrogen-bond acceptors (Lipinski definition) is 3. The van der Waals surface area contributed by atoms with E-state index in [9.17, 15) is 9.90 Å². The summed E-state index contributed by atoms with van der Waals surface area (Å²) in [5.74, 6) is 0.552. The van der Waals surface area contributed by atoms with Gasteiger partial charge in [-0.05, 0) is 12.1 Å². The lowest BCUT2D eigenvalue weighted by atomic mass is 10.3. The van der Waals surface area contributed by atoms with E-state index in [1.807, 2.05) is 6.07 Å². The van der Waals surface area contributed by atoms with Gasteiger partial charge in [-0.15, -0.1) is 0 Å². The number of para-hydroxylation sites is 1. The van der Waals surface area contributed by atoms with Crippen LogP contribution in [0.3, 0.4) is 0 Å². The minimum Gasteiger partial charge on any atom is -0.455 e. The smallest absolute Gasteiger partial charge is 0.455 e. The summed E-state index contributed by atoms with van der Waals surface area (Å²) < 4.78 is 9.32. The molecular formula is C9H9O4. The Kier molecular flexibility index (Phi) is 3.14. The fraction of sp³-hybridized carbons (Fsp3) is 0.222. The van der Waals surface area contributed by atoms with Crippen molar-refractivity contribution < 1.29 is 19.4 Å². The Labute approximate surface area is 75.7 Å². The van der Waals surface area contributed by atoms with E-state index in [-0.39, 0.29) is 0 Å². The summed E-state index contributed by atoms with van der Waals surface area (Å²) >= 11 is 0. The third kappa shape index (κ3) is 3.46. The van der Waals surface area contributed by atoms with Crippen molar-refractivity contribution >= 4 is 6.16 Å². The van der Waals surface area contributed by atoms with E-state index in [4.69, 9.17) is 4.74 Å². The van der Waals surface area contributed by atoms with Crippen LogP contribution in [0, 0.1) is 0 Å². The molecule has 4 heteroatoms. The fourth-order valence-electron chi connectivity index (χ4n) is 0.850. The molecule has 1 rings (SSSR count). The van der Waals surface area contributed by atoms with Gasteiger partial charge in [-0.2, -0.15) is 9.90 Å². The van der Waals surface area contributed by atoms with Gasteiger partial charge in [-0.3, -0.25) is 0 Å². The fourth-order valence-corrected chi connectivity index (χ4v) is 0.850. The topological polar surface area (TPSA) is 55.4 Å². The van der Waals surface area contributed by atoms with Crippen LogP contribution in [0.1, 0.15) is 6.92 Å². The van der Waals surface area contributed by atoms with Crippen molar-refractivity contribution in [3.8, 4) is 5.75 Å². The molecule has 13 heavy (non-hydrogen) atoms. The number of ether oxygens (including phenoxy) is 2. The molecule has 0 N–H and O–H groups in total. The average molecular weight is 181 g/mol. The molecule has 69 valence electrons. The largest absolute Gasteiger partial charge is 0.553 e. The zero-order valence-electron chi connectivity index (χ0n) is 7.10. The second-order valence-corrected chi connectivity index (χ2v) is 2.37. The Balaban J connectivity index is 2.45. The molecule has 1 atom stereocenters. The molecule has 1 aromatic rings. The molecule has 0 saturated carbocycles. The van der Waals surface area contributed by atoms with E-state index in [2.05, 4.69) is 4.74 Å². The van der Waals surface area contributed by atoms with Gasteiger partial charge in [0.25, 0.3) is 0 Å². The minimum absolute atomic E-state index is 0.552. The van der Waals surface area contributed by atoms with Gasteiger partial charge in [-0.25, -0.2) is 0 Å². The summed E-state index contributed by atoms with van der Waals surface area (Å²) in [6.45, 7) is 1.48. The van der Waals surface area contributed by atoms with Gasteiger partial charge >= 0.3 is 6.16 Å². The summed E-state index contributed by atoms with van der Waals surface area (Å²) in [6.07, 6.45) is -2.45. The highest BCUT2D eigenvalue weighted by molar-refractivity contribution is 5.56. The third-order valence-corrected chi connectivity index (χ3v) is 1.31. The van der Waals surface area contributed by atoms with Gasteiger partial charge in [0.15, 0.2) is 0 Å². The molecule has 0 bridgehead atoms. The first-order chi connectivity index (χ1) is 6.18. The molecule has 0 saturated heterocycles. The van der Waals surface area contributed by atoms with E-state index in [1.54, 1.807) is 24.3 Å². The van der Waals surface area contributed by atoms with Crippen LogP contribution in [-0.4, -0.2) is 12.4 Å². The molecule has 1 unspecified atom stereocenters. The van der Waals surface area contributed by atoms with Crippen LogP contribution in [0.4, 0.5) is 4.79 Å². The summed E-state index contributed by atoms with van der Waals surface area (Å²) in [4.78, 5) is 9.99. The van der Waals surface area contributed by atoms with Crippen LogP contribution < -0.4 is 4.74 Å². The summed E-state index contributed by atoms with van der Waals surface area (Å²) in [5.41, 5.74) is 0. The van der Waals surface area contributed by atoms with Crippen molar-refractivity contribution in [1.29, 1.82) is 0 Å². The van der Waals surface area contributed by atoms with E-state index in [1.165, 1.54) is 6.92 Å². The maximum atomic E-state index is 9.99. The molecule has 0 fully saturated rings. The van der Waals surface area contributed by atoms with Gasteiger partial charge < -0.3 is 9.47 Å². The molecule has 1 aromatic carbocycles. The van der Waals surface area contributed by atoms with E-state index < -0.39 is 12.4 Å². The van der Waals surface area contributed by atoms with Gasteiger partial charge in [-0.1, -0.05) is 18.2 Å². The van der Waals surface area contributed by atoms with Gasteiger partial charge in [0.1, 0.15) is 5.75 Å². The number of hydrogen-bond donors (Lipinski definition) is 0. The second kappa shape index (κ2) is 4.35. The lowest BCUT2D eigenvalue weighted by Crippen LogP contribution is -2.18. The normalized spacial score (nSPS) is 11.8. The third-order valence-electron chi connectivity index (χ3n) is 1.31. The molecular weight excluding hydrogens is 172 g/mol. The lowest BCUT2D eigenvalue weighted by molar-refractivity contribution is -0.0503. The van der Waals surface area contributed by atoms with Crippen LogP contribution in [-0.2, 0) is 9.84 Å². The van der Waals surface area contributed by atoms with E-state index in [0.29, 0.717) is 5.75 Å². The van der Waals surface area contributed by atoms with Crippen LogP contribution in [0.25, 0.3) is 0 Å². The van der Waals surface area contributed by atoms with Crippen LogP contribution >= 0.6 is 0 Å². The molecule has 0 aliphatic rings. The Bertz CT molecular complexity index is 270. The monoisotopic (exact) mass is 181 g/mol. The van der Waals surface area contributed by atoms with Crippen molar-refractivity contribution in [3.63, 3.8) is 0 Å². The molecule has 4 nitrogen and oxygen atoms in total. The summed E-state index contributed by atoms with van der Waals surface area (Å²) in [7, 11) is 0. The first kappa shape index (κ1) is 9.38. The van der Waals surface area contributed by atoms with E-state index >= 15 is 0 Å². The number of carbonyl (C=O) groups is 1. The van der Waals surface area contributed by atoms with Crippen molar-refractivity contribution in [2.45, 2.75) is 13.2 Å². The van der Waals surface area contributed by atoms with Gasteiger partial charge in [0.05, 0.1) is 0 Å². The predicted molar refractivity (Wildman–Crippen MR) is 43.7 cm³/mol. The summed E-state index contributed by atoms with van der Waals surface area (Å²) in [5, 5.41) is 9.99. The van der Waals surface area contributed by atoms with Crippen molar-refractivity contribution in [3.05, 3.63) is 30.3 Å². The van der Waals surface area contributed by atoms with Gasteiger partial charge in [0.2, 0.25) is 6.29 Å². The molecule has 0 aromatic heterocycles. The molecule has 1 radical (unpaired) electrons.